The molecule has 2 N–H and O–H groups in total. The molecule has 126 valence electrons. The van der Waals surface area contributed by atoms with E-state index in [1.54, 1.807) is 0 Å². The SMILES string of the molecule is CC1(C)[C@@H]2CCC(=O)[C@@]21P(=O)(c1ccccc1)c1ccccc1.O. The molecule has 0 aliphatic heterocycles. The standard InChI is InChI=1S/C20H21O2P.H2O/c1-19(2)17-13-14-18(21)20(17,19)23(22,15-9-5-3-6-10-15)16-11-7-4-8-12-16;/h3-12,17H,13-14H2,1-2H3;1H2/t17-,20-;/m0./s1. The van der Waals surface area contributed by atoms with Crippen LogP contribution in [-0.2, 0) is 9.36 Å². The van der Waals surface area contributed by atoms with Gasteiger partial charge in [0.25, 0.3) is 0 Å². The zero-order valence-corrected chi connectivity index (χ0v) is 14.9. The quantitative estimate of drug-likeness (QED) is 0.805. The maximum atomic E-state index is 14.6. The minimum atomic E-state index is -3.04. The molecule has 4 rings (SSSR count). The fraction of sp³-hybridized carbons (Fsp3) is 0.350. The summed E-state index contributed by atoms with van der Waals surface area (Å²) in [4.78, 5) is 13.0. The van der Waals surface area contributed by atoms with Gasteiger partial charge in [0.05, 0.1) is 5.16 Å². The first-order valence-electron chi connectivity index (χ1n) is 8.22. The summed E-state index contributed by atoms with van der Waals surface area (Å²) >= 11 is 0. The van der Waals surface area contributed by atoms with E-state index in [4.69, 9.17) is 0 Å². The molecule has 0 saturated heterocycles. The molecule has 24 heavy (non-hydrogen) atoms. The fourth-order valence-corrected chi connectivity index (χ4v) is 9.62. The average Bonchev–Trinajstić information content (AvgIpc) is 2.87. The van der Waals surface area contributed by atoms with Crippen LogP contribution in [0, 0.1) is 11.3 Å². The van der Waals surface area contributed by atoms with Gasteiger partial charge in [-0.25, -0.2) is 0 Å². The maximum absolute atomic E-state index is 14.6. The number of carbonyl (C=O) groups excluding carboxylic acids is 1. The highest BCUT2D eigenvalue weighted by molar-refractivity contribution is 7.81. The molecule has 2 saturated carbocycles. The third-order valence-electron chi connectivity index (χ3n) is 6.10. The lowest BCUT2D eigenvalue weighted by molar-refractivity contribution is -0.119. The number of Topliss-reactive ketones (excluding diaryl/α,β-unsaturated/α-hetero) is 1. The van der Waals surface area contributed by atoms with Crippen molar-refractivity contribution in [1.29, 1.82) is 0 Å². The van der Waals surface area contributed by atoms with Crippen LogP contribution in [0.25, 0.3) is 0 Å². The molecule has 2 aliphatic carbocycles. The molecule has 3 nitrogen and oxygen atoms in total. The van der Waals surface area contributed by atoms with Gasteiger partial charge in [-0.1, -0.05) is 74.5 Å². The molecule has 0 unspecified atom stereocenters. The smallest absolute Gasteiger partial charge is 0.157 e. The fourth-order valence-electron chi connectivity index (χ4n) is 5.07. The Morgan fingerprint density at radius 1 is 0.917 bits per heavy atom. The van der Waals surface area contributed by atoms with Gasteiger partial charge >= 0.3 is 0 Å². The molecule has 2 fully saturated rings. The van der Waals surface area contributed by atoms with Crippen LogP contribution in [0.4, 0.5) is 0 Å². The highest BCUT2D eigenvalue weighted by Gasteiger charge is 2.84. The number of fused-ring (bicyclic) bond motifs is 1. The monoisotopic (exact) mass is 342 g/mol. The molecular weight excluding hydrogens is 319 g/mol. The topological polar surface area (TPSA) is 65.6 Å². The highest BCUT2D eigenvalue weighted by Crippen LogP contribution is 2.84. The summed E-state index contributed by atoms with van der Waals surface area (Å²) in [6.45, 7) is 4.24. The van der Waals surface area contributed by atoms with E-state index in [2.05, 4.69) is 13.8 Å². The van der Waals surface area contributed by atoms with Crippen LogP contribution in [0.5, 0.6) is 0 Å². The van der Waals surface area contributed by atoms with Crippen molar-refractivity contribution in [2.75, 3.05) is 0 Å². The van der Waals surface area contributed by atoms with Crippen molar-refractivity contribution < 1.29 is 14.8 Å². The summed E-state index contributed by atoms with van der Waals surface area (Å²) in [5.74, 6) is 0.428. The van der Waals surface area contributed by atoms with Crippen molar-refractivity contribution in [3.05, 3.63) is 60.7 Å². The molecule has 2 aliphatic rings. The average molecular weight is 342 g/mol. The van der Waals surface area contributed by atoms with Crippen LogP contribution in [0.3, 0.4) is 0 Å². The third-order valence-corrected chi connectivity index (χ3v) is 10.3. The number of hydrogen-bond acceptors (Lipinski definition) is 2. The van der Waals surface area contributed by atoms with Crippen molar-refractivity contribution in [3.8, 4) is 0 Å². The molecule has 2 aromatic rings. The van der Waals surface area contributed by atoms with Gasteiger partial charge in [-0.3, -0.25) is 4.79 Å². The number of benzene rings is 2. The lowest BCUT2D eigenvalue weighted by Crippen LogP contribution is -2.36. The van der Waals surface area contributed by atoms with E-state index < -0.39 is 12.3 Å². The van der Waals surface area contributed by atoms with E-state index in [9.17, 15) is 9.36 Å². The third kappa shape index (κ3) is 1.77. The van der Waals surface area contributed by atoms with Crippen LogP contribution >= 0.6 is 7.14 Å². The van der Waals surface area contributed by atoms with Crippen LogP contribution in [0.1, 0.15) is 26.7 Å². The Kier molecular flexibility index (Phi) is 3.86. The van der Waals surface area contributed by atoms with E-state index in [-0.39, 0.29) is 22.6 Å². The van der Waals surface area contributed by atoms with Gasteiger partial charge in [0.2, 0.25) is 0 Å². The molecule has 0 aromatic heterocycles. The molecule has 2 aromatic carbocycles. The Hall–Kier alpha value is -1.70. The maximum Gasteiger partial charge on any atom is 0.157 e. The Bertz CT molecular complexity index is 770. The first-order chi connectivity index (χ1) is 11.0. The molecule has 0 amide bonds. The summed E-state index contributed by atoms with van der Waals surface area (Å²) in [5, 5.41) is 0.928. The lowest BCUT2D eigenvalue weighted by Gasteiger charge is -2.30. The molecule has 0 radical (unpaired) electrons. The summed E-state index contributed by atoms with van der Waals surface area (Å²) < 4.78 is 14.6. The molecule has 0 spiro atoms. The zero-order chi connectivity index (χ0) is 16.3. The summed E-state index contributed by atoms with van der Waals surface area (Å²) in [6.07, 6.45) is 1.44. The van der Waals surface area contributed by atoms with Crippen molar-refractivity contribution in [2.45, 2.75) is 31.8 Å². The summed E-state index contributed by atoms with van der Waals surface area (Å²) in [6, 6.07) is 19.3. The Labute approximate surface area is 142 Å². The van der Waals surface area contributed by atoms with Crippen molar-refractivity contribution in [3.63, 3.8) is 0 Å². The van der Waals surface area contributed by atoms with Crippen LogP contribution in [0.15, 0.2) is 60.7 Å². The van der Waals surface area contributed by atoms with Crippen molar-refractivity contribution in [2.24, 2.45) is 11.3 Å². The van der Waals surface area contributed by atoms with Gasteiger partial charge in [0.1, 0.15) is 5.78 Å². The van der Waals surface area contributed by atoms with Gasteiger partial charge in [-0.15, -0.1) is 0 Å². The second-order valence-corrected chi connectivity index (χ2v) is 10.2. The van der Waals surface area contributed by atoms with E-state index in [1.165, 1.54) is 0 Å². The predicted octanol–water partition coefficient (Wildman–Crippen LogP) is 2.93. The van der Waals surface area contributed by atoms with Gasteiger partial charge < -0.3 is 10.0 Å². The Balaban J connectivity index is 0.00000169. The minimum Gasteiger partial charge on any atom is -0.412 e. The largest absolute Gasteiger partial charge is 0.412 e. The molecule has 2 atom stereocenters. The van der Waals surface area contributed by atoms with E-state index >= 15 is 0 Å². The van der Waals surface area contributed by atoms with Gasteiger partial charge in [-0.2, -0.15) is 0 Å². The van der Waals surface area contributed by atoms with Crippen LogP contribution < -0.4 is 10.6 Å². The molecule has 4 heteroatoms. The minimum absolute atomic E-state index is 0. The van der Waals surface area contributed by atoms with E-state index in [0.717, 1.165) is 17.0 Å². The number of carbonyl (C=O) groups is 1. The summed E-state index contributed by atoms with van der Waals surface area (Å²) in [5.41, 5.74) is -0.191. The molecular formula is C20H23O3P. The van der Waals surface area contributed by atoms with E-state index in [1.807, 2.05) is 60.7 Å². The van der Waals surface area contributed by atoms with Gasteiger partial charge in [0, 0.05) is 17.0 Å². The van der Waals surface area contributed by atoms with Crippen LogP contribution in [-0.4, -0.2) is 16.4 Å². The van der Waals surface area contributed by atoms with Gasteiger partial charge in [-0.05, 0) is 17.8 Å². The number of hydrogen-bond donors (Lipinski definition) is 0. The highest BCUT2D eigenvalue weighted by atomic mass is 31.2. The Morgan fingerprint density at radius 3 is 1.75 bits per heavy atom. The summed E-state index contributed by atoms with van der Waals surface area (Å²) in [7, 11) is -3.04. The normalized spacial score (nSPS) is 27.2. The predicted molar refractivity (Wildman–Crippen MR) is 97.6 cm³/mol. The number of rotatable bonds is 3. The van der Waals surface area contributed by atoms with Crippen molar-refractivity contribution >= 4 is 23.5 Å². The lowest BCUT2D eigenvalue weighted by atomic mass is 10.00. The van der Waals surface area contributed by atoms with Crippen molar-refractivity contribution in [1.82, 2.24) is 0 Å². The van der Waals surface area contributed by atoms with E-state index in [0.29, 0.717) is 6.42 Å². The second kappa shape index (κ2) is 5.40. The molecule has 0 bridgehead atoms. The first kappa shape index (κ1) is 17.1. The van der Waals surface area contributed by atoms with Crippen LogP contribution in [0.2, 0.25) is 0 Å². The molecule has 0 heterocycles. The first-order valence-corrected chi connectivity index (χ1v) is 9.92. The van der Waals surface area contributed by atoms with Gasteiger partial charge in [0.15, 0.2) is 7.14 Å². The second-order valence-electron chi connectivity index (χ2n) is 7.28. The Morgan fingerprint density at radius 2 is 1.38 bits per heavy atom. The zero-order valence-electron chi connectivity index (χ0n) is 14.0. The number of ketones is 1.